The molecular formula is C12H13ClFN3O. The maximum absolute atomic E-state index is 13.7. The van der Waals surface area contributed by atoms with Crippen molar-refractivity contribution < 1.29 is 9.18 Å². The lowest BCUT2D eigenvalue weighted by Gasteiger charge is -2.25. The summed E-state index contributed by atoms with van der Waals surface area (Å²) in [6, 6.07) is 4.56. The number of benzene rings is 1. The zero-order chi connectivity index (χ0) is 13.5. The largest absolute Gasteiger partial charge is 0.368 e. The lowest BCUT2D eigenvalue weighted by atomic mass is 10.0. The topological polar surface area (TPSA) is 60.9 Å². The number of primary amides is 1. The molecule has 0 unspecified atom stereocenters. The molecule has 0 aliphatic carbocycles. The second-order valence-electron chi connectivity index (χ2n) is 4.53. The number of nitrogens with zero attached hydrogens (tertiary/aromatic N) is 2. The van der Waals surface area contributed by atoms with Gasteiger partial charge in [0.05, 0.1) is 11.4 Å². The van der Waals surface area contributed by atoms with Crippen LogP contribution >= 0.6 is 11.6 Å². The van der Waals surface area contributed by atoms with E-state index in [-0.39, 0.29) is 11.4 Å². The van der Waals surface area contributed by atoms with Gasteiger partial charge in [-0.3, -0.25) is 4.79 Å². The van der Waals surface area contributed by atoms with Crippen LogP contribution in [0.2, 0.25) is 0 Å². The number of carbonyl (C=O) groups excluding carboxylic acids is 1. The zero-order valence-electron chi connectivity index (χ0n) is 10.1. The van der Waals surface area contributed by atoms with Crippen LogP contribution in [0, 0.1) is 5.82 Å². The number of amides is 1. The van der Waals surface area contributed by atoms with Crippen LogP contribution in [0.4, 0.5) is 4.39 Å². The maximum Gasteiger partial charge on any atom is 0.243 e. The number of para-hydroxylation sites is 1. The Morgan fingerprint density at radius 3 is 2.78 bits per heavy atom. The number of alkyl halides is 1. The van der Waals surface area contributed by atoms with Gasteiger partial charge in [0, 0.05) is 0 Å². The van der Waals surface area contributed by atoms with Crippen LogP contribution in [0.5, 0.6) is 0 Å². The molecule has 18 heavy (non-hydrogen) atoms. The molecule has 0 aliphatic rings. The summed E-state index contributed by atoms with van der Waals surface area (Å²) >= 11 is 5.81. The molecule has 2 aromatic rings. The van der Waals surface area contributed by atoms with Crippen molar-refractivity contribution in [1.82, 2.24) is 9.55 Å². The summed E-state index contributed by atoms with van der Waals surface area (Å²) in [6.45, 7) is 3.30. The molecule has 0 saturated heterocycles. The summed E-state index contributed by atoms with van der Waals surface area (Å²) in [5.41, 5.74) is 5.07. The molecule has 0 spiro atoms. The average Bonchev–Trinajstić information content (AvgIpc) is 2.69. The molecule has 0 bridgehead atoms. The summed E-state index contributed by atoms with van der Waals surface area (Å²) in [6.07, 6.45) is 0. The lowest BCUT2D eigenvalue weighted by Crippen LogP contribution is -2.41. The highest BCUT2D eigenvalue weighted by Crippen LogP contribution is 2.27. The molecule has 0 atom stereocenters. The van der Waals surface area contributed by atoms with E-state index in [0.717, 1.165) is 0 Å². The van der Waals surface area contributed by atoms with Gasteiger partial charge < -0.3 is 10.3 Å². The van der Waals surface area contributed by atoms with Gasteiger partial charge in [-0.2, -0.15) is 0 Å². The maximum atomic E-state index is 13.7. The zero-order valence-corrected chi connectivity index (χ0v) is 10.8. The first-order valence-corrected chi connectivity index (χ1v) is 5.95. The molecule has 2 rings (SSSR count). The molecule has 1 heterocycles. The fourth-order valence-electron chi connectivity index (χ4n) is 1.94. The van der Waals surface area contributed by atoms with Crippen LogP contribution in [0.15, 0.2) is 18.2 Å². The predicted molar refractivity (Wildman–Crippen MR) is 67.8 cm³/mol. The Morgan fingerprint density at radius 2 is 2.22 bits per heavy atom. The van der Waals surface area contributed by atoms with E-state index >= 15 is 0 Å². The molecule has 1 aromatic heterocycles. The van der Waals surface area contributed by atoms with E-state index in [0.29, 0.717) is 11.3 Å². The van der Waals surface area contributed by atoms with Crippen molar-refractivity contribution in [1.29, 1.82) is 0 Å². The molecule has 2 N–H and O–H groups in total. The number of hydrogen-bond donors (Lipinski definition) is 1. The van der Waals surface area contributed by atoms with Gasteiger partial charge in [-0.1, -0.05) is 6.07 Å². The van der Waals surface area contributed by atoms with Crippen LogP contribution in [0.25, 0.3) is 11.0 Å². The van der Waals surface area contributed by atoms with E-state index in [2.05, 4.69) is 4.98 Å². The Hall–Kier alpha value is -1.62. The van der Waals surface area contributed by atoms with Crippen LogP contribution < -0.4 is 5.73 Å². The second-order valence-corrected chi connectivity index (χ2v) is 4.80. The van der Waals surface area contributed by atoms with Gasteiger partial charge in [0.2, 0.25) is 5.91 Å². The van der Waals surface area contributed by atoms with E-state index in [1.165, 1.54) is 6.07 Å². The SMILES string of the molecule is CC(C)(C(N)=O)n1c(CCl)nc2c(F)cccc21. The molecule has 1 amide bonds. The monoisotopic (exact) mass is 269 g/mol. The van der Waals surface area contributed by atoms with Gasteiger partial charge in [-0.25, -0.2) is 9.37 Å². The number of nitrogens with two attached hydrogens (primary N) is 1. The highest BCUT2D eigenvalue weighted by Gasteiger charge is 2.31. The number of aromatic nitrogens is 2. The van der Waals surface area contributed by atoms with Crippen LogP contribution in [-0.2, 0) is 16.2 Å². The Morgan fingerprint density at radius 1 is 1.56 bits per heavy atom. The number of rotatable bonds is 3. The average molecular weight is 270 g/mol. The number of hydrogen-bond acceptors (Lipinski definition) is 2. The molecule has 96 valence electrons. The number of imidazole rings is 1. The quantitative estimate of drug-likeness (QED) is 0.868. The van der Waals surface area contributed by atoms with Gasteiger partial charge in [-0.05, 0) is 26.0 Å². The first-order valence-electron chi connectivity index (χ1n) is 5.41. The summed E-state index contributed by atoms with van der Waals surface area (Å²) < 4.78 is 15.3. The van der Waals surface area contributed by atoms with Crippen LogP contribution in [0.3, 0.4) is 0 Å². The van der Waals surface area contributed by atoms with E-state index in [9.17, 15) is 9.18 Å². The van der Waals surface area contributed by atoms with Gasteiger partial charge >= 0.3 is 0 Å². The summed E-state index contributed by atoms with van der Waals surface area (Å²) in [5, 5.41) is 0. The van der Waals surface area contributed by atoms with Crippen LogP contribution in [-0.4, -0.2) is 15.5 Å². The van der Waals surface area contributed by atoms with Gasteiger partial charge in [0.1, 0.15) is 16.9 Å². The van der Waals surface area contributed by atoms with Gasteiger partial charge in [0.25, 0.3) is 0 Å². The highest BCUT2D eigenvalue weighted by atomic mass is 35.5. The van der Waals surface area contributed by atoms with Crippen molar-refractivity contribution in [3.8, 4) is 0 Å². The Balaban J connectivity index is 2.84. The normalized spacial score (nSPS) is 12.0. The lowest BCUT2D eigenvalue weighted by molar-refractivity contribution is -0.125. The van der Waals surface area contributed by atoms with Crippen molar-refractivity contribution in [2.75, 3.05) is 0 Å². The molecule has 0 fully saturated rings. The molecule has 6 heteroatoms. The molecular weight excluding hydrogens is 257 g/mol. The third kappa shape index (κ3) is 1.75. The summed E-state index contributed by atoms with van der Waals surface area (Å²) in [4.78, 5) is 15.7. The standard InChI is InChI=1S/C12H13ClFN3O/c1-12(2,11(15)18)17-8-5-3-4-7(14)10(8)16-9(17)6-13/h3-5H,6H2,1-2H3,(H2,15,18). The number of carbonyl (C=O) groups is 1. The van der Waals surface area contributed by atoms with E-state index in [4.69, 9.17) is 17.3 Å². The minimum absolute atomic E-state index is 0.0742. The van der Waals surface area contributed by atoms with Crippen molar-refractivity contribution in [3.05, 3.63) is 29.8 Å². The first kappa shape index (κ1) is 12.8. The third-order valence-electron chi connectivity index (χ3n) is 2.99. The number of fused-ring (bicyclic) bond motifs is 1. The van der Waals surface area contributed by atoms with Crippen molar-refractivity contribution in [2.24, 2.45) is 5.73 Å². The van der Waals surface area contributed by atoms with Gasteiger partial charge in [0.15, 0.2) is 5.82 Å². The second kappa shape index (κ2) is 4.24. The van der Waals surface area contributed by atoms with Crippen molar-refractivity contribution in [3.63, 3.8) is 0 Å². The third-order valence-corrected chi connectivity index (χ3v) is 3.23. The minimum Gasteiger partial charge on any atom is -0.368 e. The van der Waals surface area contributed by atoms with Crippen molar-refractivity contribution >= 4 is 28.5 Å². The molecule has 4 nitrogen and oxygen atoms in total. The molecule has 0 radical (unpaired) electrons. The smallest absolute Gasteiger partial charge is 0.243 e. The summed E-state index contributed by atoms with van der Waals surface area (Å²) in [5.74, 6) is -0.485. The predicted octanol–water partition coefficient (Wildman–Crippen LogP) is 2.13. The number of halogens is 2. The van der Waals surface area contributed by atoms with Crippen LogP contribution in [0.1, 0.15) is 19.7 Å². The minimum atomic E-state index is -1.02. The fourth-order valence-corrected chi connectivity index (χ4v) is 2.12. The van der Waals surface area contributed by atoms with E-state index < -0.39 is 17.3 Å². The Labute approximate surface area is 109 Å². The van der Waals surface area contributed by atoms with E-state index in [1.54, 1.807) is 30.5 Å². The molecule has 0 aliphatic heterocycles. The first-order chi connectivity index (χ1) is 8.39. The molecule has 0 saturated carbocycles. The van der Waals surface area contributed by atoms with E-state index in [1.807, 2.05) is 0 Å². The summed E-state index contributed by atoms with van der Waals surface area (Å²) in [7, 11) is 0. The highest BCUT2D eigenvalue weighted by molar-refractivity contribution is 6.17. The van der Waals surface area contributed by atoms with Crippen molar-refractivity contribution in [2.45, 2.75) is 25.3 Å². The molecule has 1 aromatic carbocycles. The fraction of sp³-hybridized carbons (Fsp3) is 0.333. The Kier molecular flexibility index (Phi) is 3.02. The Bertz CT molecular complexity index is 621. The van der Waals surface area contributed by atoms with Gasteiger partial charge in [-0.15, -0.1) is 11.6 Å².